The molecule has 0 saturated carbocycles. The lowest BCUT2D eigenvalue weighted by Gasteiger charge is -2.29. The van der Waals surface area contributed by atoms with Crippen molar-refractivity contribution in [3.63, 3.8) is 0 Å². The molecule has 2 rings (SSSR count). The number of phenolic OH excluding ortho intramolecular Hbond substituents is 1. The van der Waals surface area contributed by atoms with Gasteiger partial charge < -0.3 is 10.2 Å². The number of hydrogen-bond acceptors (Lipinski definition) is 5. The highest BCUT2D eigenvalue weighted by molar-refractivity contribution is 5.97. The Balaban J connectivity index is 2.36. The molecule has 0 saturated heterocycles. The zero-order valence-electron chi connectivity index (χ0n) is 11.9. The smallest absolute Gasteiger partial charge is 0.269 e. The van der Waals surface area contributed by atoms with Crippen LogP contribution in [0.3, 0.4) is 0 Å². The molecule has 6 heteroatoms. The standard InChI is InChI=1S/C15H17NO5/c1-15(2)7-13(18)11(14(19)8-15)6-9-5-10(16(20)21)3-4-12(9)17/h3-5,17-18H,6-8H2,1-2H3. The van der Waals surface area contributed by atoms with Crippen LogP contribution in [0.15, 0.2) is 29.5 Å². The third-order valence-corrected chi connectivity index (χ3v) is 3.61. The van der Waals surface area contributed by atoms with E-state index in [0.29, 0.717) is 12.8 Å². The van der Waals surface area contributed by atoms with Crippen molar-refractivity contribution in [1.29, 1.82) is 0 Å². The van der Waals surface area contributed by atoms with E-state index in [9.17, 15) is 25.1 Å². The number of aliphatic hydroxyl groups is 1. The molecule has 112 valence electrons. The number of aromatic hydroxyl groups is 1. The van der Waals surface area contributed by atoms with Gasteiger partial charge in [-0.05, 0) is 11.5 Å². The summed E-state index contributed by atoms with van der Waals surface area (Å²) in [6, 6.07) is 3.64. The quantitative estimate of drug-likeness (QED) is 0.658. The number of carbonyl (C=O) groups excluding carboxylic acids is 1. The SMILES string of the molecule is CC1(C)CC(=O)C(Cc2cc([N+](=O)[O-])ccc2O)=C(O)C1. The van der Waals surface area contributed by atoms with Crippen molar-refractivity contribution in [2.75, 3.05) is 0 Å². The largest absolute Gasteiger partial charge is 0.512 e. The zero-order chi connectivity index (χ0) is 15.8. The molecule has 0 aliphatic heterocycles. The Hall–Kier alpha value is -2.37. The summed E-state index contributed by atoms with van der Waals surface area (Å²) in [5.41, 5.74) is 0.0328. The van der Waals surface area contributed by atoms with Gasteiger partial charge in [-0.25, -0.2) is 0 Å². The van der Waals surface area contributed by atoms with Crippen LogP contribution in [0.2, 0.25) is 0 Å². The van der Waals surface area contributed by atoms with Crippen LogP contribution >= 0.6 is 0 Å². The first-order chi connectivity index (χ1) is 9.69. The number of nitro benzene ring substituents is 1. The molecule has 21 heavy (non-hydrogen) atoms. The molecule has 1 aromatic rings. The number of non-ortho nitro benzene ring substituents is 1. The molecule has 0 spiro atoms. The van der Waals surface area contributed by atoms with Gasteiger partial charge in [-0.15, -0.1) is 0 Å². The van der Waals surface area contributed by atoms with E-state index in [0.717, 1.165) is 0 Å². The fraction of sp³-hybridized carbons (Fsp3) is 0.400. The maximum atomic E-state index is 12.1. The molecule has 1 aliphatic carbocycles. The van der Waals surface area contributed by atoms with Gasteiger partial charge in [0.1, 0.15) is 5.75 Å². The predicted octanol–water partition coefficient (Wildman–Crippen LogP) is 3.04. The number of benzene rings is 1. The van der Waals surface area contributed by atoms with Gasteiger partial charge in [0.2, 0.25) is 0 Å². The van der Waals surface area contributed by atoms with Crippen LogP contribution < -0.4 is 0 Å². The average molecular weight is 291 g/mol. The first-order valence-electron chi connectivity index (χ1n) is 6.60. The van der Waals surface area contributed by atoms with Crippen molar-refractivity contribution in [3.05, 3.63) is 45.2 Å². The molecular formula is C15H17NO5. The van der Waals surface area contributed by atoms with Crippen LogP contribution in [-0.2, 0) is 11.2 Å². The van der Waals surface area contributed by atoms with E-state index >= 15 is 0 Å². The maximum Gasteiger partial charge on any atom is 0.269 e. The van der Waals surface area contributed by atoms with E-state index < -0.39 is 4.92 Å². The molecule has 0 fully saturated rings. The lowest BCUT2D eigenvalue weighted by molar-refractivity contribution is -0.384. The predicted molar refractivity (Wildman–Crippen MR) is 76.1 cm³/mol. The third-order valence-electron chi connectivity index (χ3n) is 3.61. The molecule has 0 bridgehead atoms. The fourth-order valence-electron chi connectivity index (χ4n) is 2.54. The Morgan fingerprint density at radius 3 is 2.52 bits per heavy atom. The number of rotatable bonds is 3. The number of aliphatic hydroxyl groups excluding tert-OH is 1. The van der Waals surface area contributed by atoms with E-state index in [1.54, 1.807) is 0 Å². The molecule has 0 heterocycles. The van der Waals surface area contributed by atoms with Crippen molar-refractivity contribution in [3.8, 4) is 5.75 Å². The van der Waals surface area contributed by atoms with Gasteiger partial charge in [-0.3, -0.25) is 14.9 Å². The summed E-state index contributed by atoms with van der Waals surface area (Å²) in [7, 11) is 0. The number of hydrogen-bond donors (Lipinski definition) is 2. The topological polar surface area (TPSA) is 101 Å². The zero-order valence-corrected chi connectivity index (χ0v) is 11.9. The monoisotopic (exact) mass is 291 g/mol. The van der Waals surface area contributed by atoms with Crippen LogP contribution in [0.25, 0.3) is 0 Å². The second kappa shape index (κ2) is 5.20. The Morgan fingerprint density at radius 2 is 1.95 bits per heavy atom. The maximum absolute atomic E-state index is 12.1. The molecular weight excluding hydrogens is 274 g/mol. The van der Waals surface area contributed by atoms with Crippen LogP contribution in [0.5, 0.6) is 5.75 Å². The second-order valence-electron chi connectivity index (χ2n) is 6.11. The second-order valence-corrected chi connectivity index (χ2v) is 6.11. The summed E-state index contributed by atoms with van der Waals surface area (Å²) in [5.74, 6) is -0.310. The molecule has 6 nitrogen and oxygen atoms in total. The van der Waals surface area contributed by atoms with E-state index in [4.69, 9.17) is 0 Å². The Kier molecular flexibility index (Phi) is 3.72. The third kappa shape index (κ3) is 3.21. The van der Waals surface area contributed by atoms with E-state index in [1.165, 1.54) is 18.2 Å². The van der Waals surface area contributed by atoms with Crippen molar-refractivity contribution in [2.24, 2.45) is 5.41 Å². The minimum absolute atomic E-state index is 0.00200. The Morgan fingerprint density at radius 1 is 1.29 bits per heavy atom. The fourth-order valence-corrected chi connectivity index (χ4v) is 2.54. The molecule has 0 radical (unpaired) electrons. The minimum atomic E-state index is -0.566. The highest BCUT2D eigenvalue weighted by Gasteiger charge is 2.33. The molecule has 1 aliphatic rings. The van der Waals surface area contributed by atoms with Gasteiger partial charge in [0.25, 0.3) is 5.69 Å². The average Bonchev–Trinajstić information content (AvgIpc) is 2.34. The summed E-state index contributed by atoms with van der Waals surface area (Å²) >= 11 is 0. The van der Waals surface area contributed by atoms with Crippen molar-refractivity contribution >= 4 is 11.5 Å². The summed E-state index contributed by atoms with van der Waals surface area (Å²) in [6.45, 7) is 3.78. The molecule has 2 N–H and O–H groups in total. The van der Waals surface area contributed by atoms with Gasteiger partial charge in [0.15, 0.2) is 5.78 Å². The highest BCUT2D eigenvalue weighted by Crippen LogP contribution is 2.37. The van der Waals surface area contributed by atoms with Gasteiger partial charge >= 0.3 is 0 Å². The lowest BCUT2D eigenvalue weighted by Crippen LogP contribution is -2.26. The van der Waals surface area contributed by atoms with E-state index in [1.807, 2.05) is 13.8 Å². The number of allylic oxidation sites excluding steroid dienone is 2. The lowest BCUT2D eigenvalue weighted by atomic mass is 9.75. The number of ketones is 1. The van der Waals surface area contributed by atoms with Gasteiger partial charge in [-0.1, -0.05) is 13.8 Å². The number of phenols is 1. The molecule has 0 aromatic heterocycles. The Bertz CT molecular complexity index is 645. The summed E-state index contributed by atoms with van der Waals surface area (Å²) in [4.78, 5) is 22.3. The molecule has 0 atom stereocenters. The summed E-state index contributed by atoms with van der Waals surface area (Å²) < 4.78 is 0. The Labute approximate surface area is 121 Å². The number of nitrogens with zero attached hydrogens (tertiary/aromatic N) is 1. The number of nitro groups is 1. The first kappa shape index (κ1) is 15.0. The van der Waals surface area contributed by atoms with Gasteiger partial charge in [-0.2, -0.15) is 0 Å². The van der Waals surface area contributed by atoms with Gasteiger partial charge in [0.05, 0.1) is 10.7 Å². The summed E-state index contributed by atoms with van der Waals surface area (Å²) in [6.07, 6.45) is 0.681. The number of Topliss-reactive ketones (excluding diaryl/α,β-unsaturated/α-hetero) is 1. The van der Waals surface area contributed by atoms with Crippen LogP contribution in [0.4, 0.5) is 5.69 Å². The number of carbonyl (C=O) groups is 1. The normalized spacial score (nSPS) is 17.9. The van der Waals surface area contributed by atoms with Crippen molar-refractivity contribution in [1.82, 2.24) is 0 Å². The van der Waals surface area contributed by atoms with Crippen LogP contribution in [0.1, 0.15) is 32.3 Å². The van der Waals surface area contributed by atoms with E-state index in [2.05, 4.69) is 0 Å². The first-order valence-corrected chi connectivity index (χ1v) is 6.60. The molecule has 0 amide bonds. The van der Waals surface area contributed by atoms with Crippen molar-refractivity contribution in [2.45, 2.75) is 33.1 Å². The summed E-state index contributed by atoms with van der Waals surface area (Å²) in [5, 5.41) is 30.6. The molecule has 1 aromatic carbocycles. The van der Waals surface area contributed by atoms with Crippen molar-refractivity contribution < 1.29 is 19.9 Å². The molecule has 0 unspecified atom stereocenters. The highest BCUT2D eigenvalue weighted by atomic mass is 16.6. The van der Waals surface area contributed by atoms with E-state index in [-0.39, 0.29) is 46.0 Å². The van der Waals surface area contributed by atoms with Gasteiger partial charge in [0, 0.05) is 42.5 Å². The van der Waals surface area contributed by atoms with Crippen LogP contribution in [-0.4, -0.2) is 20.9 Å². The minimum Gasteiger partial charge on any atom is -0.512 e. The van der Waals surface area contributed by atoms with Crippen LogP contribution in [0, 0.1) is 15.5 Å².